The summed E-state index contributed by atoms with van der Waals surface area (Å²) >= 11 is 0. The molecular weight excluding hydrogens is 398 g/mol. The number of rotatable bonds is 6. The molecule has 2 bridgehead atoms. The minimum atomic E-state index is -0.0724. The summed E-state index contributed by atoms with van der Waals surface area (Å²) in [4.78, 5) is 14.9. The first-order chi connectivity index (χ1) is 15.7. The lowest BCUT2D eigenvalue weighted by molar-refractivity contribution is 0.0294. The van der Waals surface area contributed by atoms with Gasteiger partial charge in [0.1, 0.15) is 0 Å². The van der Waals surface area contributed by atoms with Crippen molar-refractivity contribution in [2.45, 2.75) is 69.4 Å². The molecule has 3 aliphatic heterocycles. The summed E-state index contributed by atoms with van der Waals surface area (Å²) in [5, 5.41) is 11.0. The third kappa shape index (κ3) is 4.70. The van der Waals surface area contributed by atoms with Crippen molar-refractivity contribution in [3.63, 3.8) is 0 Å². The number of carbonyl (C=O) groups excluding carboxylic acids is 1. The van der Waals surface area contributed by atoms with E-state index >= 15 is 0 Å². The van der Waals surface area contributed by atoms with Gasteiger partial charge in [-0.15, -0.1) is 0 Å². The van der Waals surface area contributed by atoms with E-state index in [4.69, 9.17) is 5.10 Å². The van der Waals surface area contributed by atoms with E-state index in [9.17, 15) is 4.79 Å². The minimum Gasteiger partial charge on any atom is -0.337 e. The van der Waals surface area contributed by atoms with Crippen LogP contribution in [0.2, 0.25) is 0 Å². The van der Waals surface area contributed by atoms with Gasteiger partial charge in [0.15, 0.2) is 0 Å². The maximum absolute atomic E-state index is 12.3. The molecule has 4 aliphatic rings. The van der Waals surface area contributed by atoms with Crippen LogP contribution in [0.25, 0.3) is 0 Å². The van der Waals surface area contributed by atoms with Crippen molar-refractivity contribution < 1.29 is 4.79 Å². The summed E-state index contributed by atoms with van der Waals surface area (Å²) in [5.74, 6) is 1.92. The standard InChI is InChI=1S/C26H37N5O/c1-30-25(15-24(29-30)20-10-6-3-7-11-20)23-18-31-13-12-21(23)14-22(31)17-28-26(32)27-16-19-8-4-2-5-9-19/h2,4-5,8-9,15,20-23H,3,6-7,10-14,16-18H2,1H3,(H2,27,28,32)/t21-,22+,23+/m0/s1. The number of hydrogen-bond donors (Lipinski definition) is 2. The van der Waals surface area contributed by atoms with Crippen molar-refractivity contribution >= 4 is 6.03 Å². The van der Waals surface area contributed by atoms with E-state index in [1.165, 1.54) is 49.9 Å². The highest BCUT2D eigenvalue weighted by atomic mass is 16.2. The predicted molar refractivity (Wildman–Crippen MR) is 127 cm³/mol. The summed E-state index contributed by atoms with van der Waals surface area (Å²) in [6.07, 6.45) is 9.11. The lowest BCUT2D eigenvalue weighted by atomic mass is 9.74. The predicted octanol–water partition coefficient (Wildman–Crippen LogP) is 4.15. The number of carbonyl (C=O) groups is 1. The molecule has 2 aromatic rings. The molecule has 4 heterocycles. The number of piperidine rings is 3. The molecule has 6 nitrogen and oxygen atoms in total. The van der Waals surface area contributed by atoms with Crippen molar-refractivity contribution in [2.75, 3.05) is 19.6 Å². The van der Waals surface area contributed by atoms with Crippen LogP contribution in [0, 0.1) is 5.92 Å². The molecule has 1 saturated carbocycles. The first-order valence-corrected chi connectivity index (χ1v) is 12.5. The van der Waals surface area contributed by atoms with E-state index < -0.39 is 0 Å². The van der Waals surface area contributed by atoms with E-state index in [-0.39, 0.29) is 6.03 Å². The van der Waals surface area contributed by atoms with Crippen molar-refractivity contribution in [1.82, 2.24) is 25.3 Å². The lowest BCUT2D eigenvalue weighted by Crippen LogP contribution is -2.56. The first kappa shape index (κ1) is 21.5. The number of nitrogens with one attached hydrogen (secondary N) is 2. The van der Waals surface area contributed by atoms with Crippen LogP contribution in [0.5, 0.6) is 0 Å². The first-order valence-electron chi connectivity index (χ1n) is 12.5. The molecule has 32 heavy (non-hydrogen) atoms. The van der Waals surface area contributed by atoms with Gasteiger partial charge in [-0.3, -0.25) is 9.58 Å². The smallest absolute Gasteiger partial charge is 0.315 e. The second kappa shape index (κ2) is 9.65. The molecule has 3 saturated heterocycles. The van der Waals surface area contributed by atoms with E-state index in [1.54, 1.807) is 0 Å². The maximum atomic E-state index is 12.3. The molecule has 1 aromatic carbocycles. The molecular formula is C26H37N5O. The number of amides is 2. The van der Waals surface area contributed by atoms with Crippen LogP contribution in [-0.4, -0.2) is 46.4 Å². The van der Waals surface area contributed by atoms with Crippen LogP contribution in [-0.2, 0) is 13.6 Å². The van der Waals surface area contributed by atoms with Gasteiger partial charge >= 0.3 is 6.03 Å². The molecule has 4 fully saturated rings. The van der Waals surface area contributed by atoms with Crippen LogP contribution in [0.15, 0.2) is 36.4 Å². The van der Waals surface area contributed by atoms with Crippen LogP contribution < -0.4 is 10.6 Å². The summed E-state index contributed by atoms with van der Waals surface area (Å²) in [6, 6.07) is 12.8. The van der Waals surface area contributed by atoms with Crippen LogP contribution >= 0.6 is 0 Å². The van der Waals surface area contributed by atoms with Crippen molar-refractivity contribution in [1.29, 1.82) is 0 Å². The van der Waals surface area contributed by atoms with Gasteiger partial charge in [-0.1, -0.05) is 49.6 Å². The highest BCUT2D eigenvalue weighted by Gasteiger charge is 2.42. The Kier molecular flexibility index (Phi) is 6.49. The van der Waals surface area contributed by atoms with Crippen molar-refractivity contribution in [2.24, 2.45) is 13.0 Å². The number of urea groups is 1. The molecule has 4 atom stereocenters. The molecule has 2 N–H and O–H groups in total. The fraction of sp³-hybridized carbons (Fsp3) is 0.615. The number of benzene rings is 1. The third-order valence-corrected chi connectivity index (χ3v) is 8.01. The second-order valence-corrected chi connectivity index (χ2v) is 10.0. The zero-order valence-electron chi connectivity index (χ0n) is 19.3. The minimum absolute atomic E-state index is 0.0724. The van der Waals surface area contributed by atoms with Gasteiger partial charge in [-0.05, 0) is 49.8 Å². The number of aromatic nitrogens is 2. The highest BCUT2D eigenvalue weighted by molar-refractivity contribution is 5.73. The maximum Gasteiger partial charge on any atom is 0.315 e. The molecule has 1 aromatic heterocycles. The van der Waals surface area contributed by atoms with Gasteiger partial charge in [0.05, 0.1) is 5.69 Å². The Morgan fingerprint density at radius 1 is 1.09 bits per heavy atom. The average Bonchev–Trinajstić information content (AvgIpc) is 3.24. The third-order valence-electron chi connectivity index (χ3n) is 8.01. The molecule has 172 valence electrons. The zero-order chi connectivity index (χ0) is 21.9. The number of fused-ring (bicyclic) bond motifs is 3. The SMILES string of the molecule is Cn1nc(C2CCCCC2)cc1[C@@H]1CN2CC[C@H]1C[C@@H]2CNC(=O)NCc1ccccc1. The number of nitrogens with zero attached hydrogens (tertiary/aromatic N) is 3. The Morgan fingerprint density at radius 3 is 2.66 bits per heavy atom. The Labute approximate surface area is 191 Å². The molecule has 6 heteroatoms. The number of hydrogen-bond acceptors (Lipinski definition) is 3. The molecule has 1 unspecified atom stereocenters. The van der Waals surface area contributed by atoms with E-state index in [0.717, 1.165) is 31.6 Å². The van der Waals surface area contributed by atoms with Gasteiger partial charge < -0.3 is 10.6 Å². The molecule has 0 radical (unpaired) electrons. The van der Waals surface area contributed by atoms with Gasteiger partial charge in [0, 0.05) is 50.3 Å². The summed E-state index contributed by atoms with van der Waals surface area (Å²) in [5.41, 5.74) is 3.87. The molecule has 0 spiro atoms. The summed E-state index contributed by atoms with van der Waals surface area (Å²) in [7, 11) is 2.13. The Balaban J connectivity index is 1.15. The van der Waals surface area contributed by atoms with Gasteiger partial charge in [0.2, 0.25) is 0 Å². The second-order valence-electron chi connectivity index (χ2n) is 10.0. The quantitative estimate of drug-likeness (QED) is 0.717. The fourth-order valence-electron chi connectivity index (χ4n) is 6.19. The number of aryl methyl sites for hydroxylation is 1. The van der Waals surface area contributed by atoms with Gasteiger partial charge in [-0.25, -0.2) is 4.79 Å². The largest absolute Gasteiger partial charge is 0.337 e. The average molecular weight is 436 g/mol. The Bertz CT molecular complexity index is 904. The van der Waals surface area contributed by atoms with Crippen LogP contribution in [0.1, 0.15) is 73.7 Å². The molecule has 6 rings (SSSR count). The van der Waals surface area contributed by atoms with E-state index in [1.807, 2.05) is 30.3 Å². The highest BCUT2D eigenvalue weighted by Crippen LogP contribution is 2.42. The zero-order valence-corrected chi connectivity index (χ0v) is 19.3. The van der Waals surface area contributed by atoms with Crippen LogP contribution in [0.4, 0.5) is 4.79 Å². The Hall–Kier alpha value is -2.34. The van der Waals surface area contributed by atoms with Gasteiger partial charge in [-0.2, -0.15) is 5.10 Å². The molecule has 2 amide bonds. The Morgan fingerprint density at radius 2 is 1.91 bits per heavy atom. The monoisotopic (exact) mass is 435 g/mol. The van der Waals surface area contributed by atoms with E-state index in [2.05, 4.69) is 33.3 Å². The molecule has 1 aliphatic carbocycles. The summed E-state index contributed by atoms with van der Waals surface area (Å²) < 4.78 is 2.17. The van der Waals surface area contributed by atoms with Crippen LogP contribution in [0.3, 0.4) is 0 Å². The van der Waals surface area contributed by atoms with Crippen molar-refractivity contribution in [3.05, 3.63) is 53.3 Å². The topological polar surface area (TPSA) is 62.2 Å². The van der Waals surface area contributed by atoms with E-state index in [0.29, 0.717) is 30.3 Å². The summed E-state index contributed by atoms with van der Waals surface area (Å²) in [6.45, 7) is 3.52. The van der Waals surface area contributed by atoms with Gasteiger partial charge in [0.25, 0.3) is 0 Å². The lowest BCUT2D eigenvalue weighted by Gasteiger charge is -2.49. The van der Waals surface area contributed by atoms with Crippen molar-refractivity contribution in [3.8, 4) is 0 Å². The normalized spacial score (nSPS) is 27.9. The fourth-order valence-corrected chi connectivity index (χ4v) is 6.19.